The normalized spacial score (nSPS) is 14.3. The number of aromatic nitrogens is 1. The summed E-state index contributed by atoms with van der Waals surface area (Å²) >= 11 is 5.59. The lowest BCUT2D eigenvalue weighted by molar-refractivity contribution is -0.137. The van der Waals surface area contributed by atoms with Gasteiger partial charge in [-0.2, -0.15) is 13.2 Å². The monoisotopic (exact) mass is 454 g/mol. The molecule has 1 aliphatic heterocycles. The van der Waals surface area contributed by atoms with Crippen LogP contribution in [0.4, 0.5) is 24.7 Å². The molecule has 1 N–H and O–H groups in total. The summed E-state index contributed by atoms with van der Waals surface area (Å²) < 4.78 is 39.0. The molecule has 2 amide bonds. The molecule has 1 aromatic heterocycles. The zero-order chi connectivity index (χ0) is 22.6. The van der Waals surface area contributed by atoms with Crippen LogP contribution in [0.5, 0.6) is 0 Å². The Morgan fingerprint density at radius 3 is 2.58 bits per heavy atom. The molecule has 10 heteroatoms. The first-order valence-corrected chi connectivity index (χ1v) is 10.2. The number of anilines is 2. The quantitative estimate of drug-likeness (QED) is 0.724. The summed E-state index contributed by atoms with van der Waals surface area (Å²) in [7, 11) is 1.46. The summed E-state index contributed by atoms with van der Waals surface area (Å²) in [5.41, 5.74) is -0.721. The van der Waals surface area contributed by atoms with Gasteiger partial charge in [-0.1, -0.05) is 11.6 Å². The fourth-order valence-corrected chi connectivity index (χ4v) is 3.66. The Balaban J connectivity index is 1.69. The van der Waals surface area contributed by atoms with Crippen molar-refractivity contribution in [1.82, 2.24) is 9.88 Å². The summed E-state index contributed by atoms with van der Waals surface area (Å²) in [5.74, 6) is -0.447. The zero-order valence-electron chi connectivity index (χ0n) is 16.9. The number of pyridine rings is 1. The van der Waals surface area contributed by atoms with E-state index in [1.807, 2.05) is 0 Å². The summed E-state index contributed by atoms with van der Waals surface area (Å²) in [6.07, 6.45) is 0.141. The number of hydrogen-bond donors (Lipinski definition) is 1. The van der Waals surface area contributed by atoms with Gasteiger partial charge in [0.25, 0.3) is 5.91 Å². The number of hydrogen-bond acceptors (Lipinski definition) is 4. The van der Waals surface area contributed by atoms with E-state index in [0.717, 1.165) is 44.5 Å². The molecular weight excluding hydrogens is 433 g/mol. The van der Waals surface area contributed by atoms with E-state index in [1.165, 1.54) is 18.0 Å². The van der Waals surface area contributed by atoms with Gasteiger partial charge in [0.15, 0.2) is 0 Å². The van der Waals surface area contributed by atoms with Crippen molar-refractivity contribution in [1.29, 1.82) is 0 Å². The first-order valence-electron chi connectivity index (χ1n) is 9.79. The van der Waals surface area contributed by atoms with Crippen LogP contribution in [0.1, 0.15) is 35.2 Å². The number of amides is 2. The van der Waals surface area contributed by atoms with Crippen LogP contribution in [0.2, 0.25) is 5.02 Å². The van der Waals surface area contributed by atoms with Crippen molar-refractivity contribution >= 4 is 34.9 Å². The Hall–Kier alpha value is -2.81. The number of carbonyl (C=O) groups is 2. The third-order valence-electron chi connectivity index (χ3n) is 4.96. The SMILES string of the molecule is CN(CC(=O)Nc1ccc(Cl)c(C(F)(F)F)c1)C(=O)c1cccnc1N1CCCCC1. The van der Waals surface area contributed by atoms with E-state index in [2.05, 4.69) is 15.2 Å². The number of nitrogens with one attached hydrogen (secondary N) is 1. The van der Waals surface area contributed by atoms with Gasteiger partial charge in [-0.3, -0.25) is 9.59 Å². The molecule has 0 unspecified atom stereocenters. The molecule has 2 heterocycles. The highest BCUT2D eigenvalue weighted by Gasteiger charge is 2.33. The van der Waals surface area contributed by atoms with E-state index in [1.54, 1.807) is 18.3 Å². The van der Waals surface area contributed by atoms with E-state index in [0.29, 0.717) is 11.4 Å². The number of halogens is 4. The van der Waals surface area contributed by atoms with Crippen molar-refractivity contribution < 1.29 is 22.8 Å². The second kappa shape index (κ2) is 9.55. The molecule has 1 fully saturated rings. The van der Waals surface area contributed by atoms with E-state index >= 15 is 0 Å². The average molecular weight is 455 g/mol. The van der Waals surface area contributed by atoms with E-state index in [4.69, 9.17) is 11.6 Å². The van der Waals surface area contributed by atoms with Gasteiger partial charge in [-0.15, -0.1) is 0 Å². The highest BCUT2D eigenvalue weighted by atomic mass is 35.5. The molecule has 6 nitrogen and oxygen atoms in total. The standard InChI is InChI=1S/C21H22ClF3N4O2/c1-28(13-18(30)27-14-7-8-17(22)16(12-14)21(23,24)25)20(31)15-6-5-9-26-19(15)29-10-3-2-4-11-29/h5-9,12H,2-4,10-11,13H2,1H3,(H,27,30). The van der Waals surface area contributed by atoms with Crippen LogP contribution in [0.3, 0.4) is 0 Å². The number of nitrogens with zero attached hydrogens (tertiary/aromatic N) is 3. The minimum absolute atomic E-state index is 0.0574. The maximum atomic E-state index is 13.0. The maximum Gasteiger partial charge on any atom is 0.417 e. The summed E-state index contributed by atoms with van der Waals surface area (Å²) in [6, 6.07) is 6.41. The van der Waals surface area contributed by atoms with Crippen LogP contribution in [0.15, 0.2) is 36.5 Å². The molecule has 2 aromatic rings. The third-order valence-corrected chi connectivity index (χ3v) is 5.29. The number of alkyl halides is 3. The van der Waals surface area contributed by atoms with Gasteiger partial charge < -0.3 is 15.1 Å². The number of rotatable bonds is 5. The first-order chi connectivity index (χ1) is 14.7. The van der Waals surface area contributed by atoms with Crippen LogP contribution in [-0.4, -0.2) is 48.4 Å². The van der Waals surface area contributed by atoms with Gasteiger partial charge in [0.05, 0.1) is 22.7 Å². The van der Waals surface area contributed by atoms with Gasteiger partial charge in [-0.05, 0) is 49.6 Å². The number of likely N-dealkylation sites (N-methyl/N-ethyl adjacent to an activating group) is 1. The van der Waals surface area contributed by atoms with Crippen LogP contribution < -0.4 is 10.2 Å². The number of benzene rings is 1. The number of carbonyl (C=O) groups excluding carboxylic acids is 2. The van der Waals surface area contributed by atoms with Crippen LogP contribution in [0, 0.1) is 0 Å². The summed E-state index contributed by atoms with van der Waals surface area (Å²) in [5, 5.41) is 1.92. The highest BCUT2D eigenvalue weighted by Crippen LogP contribution is 2.36. The molecule has 0 spiro atoms. The van der Waals surface area contributed by atoms with Crippen molar-refractivity contribution in [3.63, 3.8) is 0 Å². The topological polar surface area (TPSA) is 65.5 Å². The average Bonchev–Trinajstić information content (AvgIpc) is 2.74. The van der Waals surface area contributed by atoms with Crippen molar-refractivity contribution in [2.24, 2.45) is 0 Å². The van der Waals surface area contributed by atoms with E-state index < -0.39 is 28.6 Å². The predicted molar refractivity (Wildman–Crippen MR) is 112 cm³/mol. The Labute approximate surface area is 183 Å². The predicted octanol–water partition coefficient (Wildman–Crippen LogP) is 4.45. The maximum absolute atomic E-state index is 13.0. The zero-order valence-corrected chi connectivity index (χ0v) is 17.6. The lowest BCUT2D eigenvalue weighted by Crippen LogP contribution is -2.37. The van der Waals surface area contributed by atoms with Crippen molar-refractivity contribution in [2.75, 3.05) is 36.9 Å². The van der Waals surface area contributed by atoms with Gasteiger partial charge in [0.1, 0.15) is 5.82 Å². The minimum atomic E-state index is -4.64. The van der Waals surface area contributed by atoms with Gasteiger partial charge in [0.2, 0.25) is 5.91 Å². The fraction of sp³-hybridized carbons (Fsp3) is 0.381. The molecular formula is C21H22ClF3N4O2. The fourth-order valence-electron chi connectivity index (χ4n) is 3.44. The van der Waals surface area contributed by atoms with Crippen LogP contribution in [-0.2, 0) is 11.0 Å². The van der Waals surface area contributed by atoms with E-state index in [9.17, 15) is 22.8 Å². The third kappa shape index (κ3) is 5.66. The Morgan fingerprint density at radius 1 is 1.19 bits per heavy atom. The molecule has 0 saturated carbocycles. The Kier molecular flexibility index (Phi) is 7.04. The lowest BCUT2D eigenvalue weighted by atomic mass is 10.1. The van der Waals surface area contributed by atoms with E-state index in [-0.39, 0.29) is 12.2 Å². The molecule has 31 heavy (non-hydrogen) atoms. The molecule has 1 aromatic carbocycles. The van der Waals surface area contributed by atoms with Crippen LogP contribution in [0.25, 0.3) is 0 Å². The largest absolute Gasteiger partial charge is 0.417 e. The molecule has 0 aliphatic carbocycles. The first kappa shape index (κ1) is 22.9. The molecule has 0 radical (unpaired) electrons. The molecule has 0 atom stereocenters. The van der Waals surface area contributed by atoms with Crippen molar-refractivity contribution in [3.8, 4) is 0 Å². The lowest BCUT2D eigenvalue weighted by Gasteiger charge is -2.29. The summed E-state index contributed by atoms with van der Waals surface area (Å²) in [4.78, 5) is 32.9. The Bertz CT molecular complexity index is 962. The number of piperidine rings is 1. The summed E-state index contributed by atoms with van der Waals surface area (Å²) in [6.45, 7) is 1.27. The molecule has 3 rings (SSSR count). The van der Waals surface area contributed by atoms with Gasteiger partial charge in [-0.25, -0.2) is 4.98 Å². The van der Waals surface area contributed by atoms with Crippen LogP contribution >= 0.6 is 11.6 Å². The second-order valence-electron chi connectivity index (χ2n) is 7.32. The van der Waals surface area contributed by atoms with Crippen molar-refractivity contribution in [3.05, 3.63) is 52.7 Å². The van der Waals surface area contributed by atoms with Gasteiger partial charge in [0, 0.05) is 32.0 Å². The molecule has 1 aliphatic rings. The molecule has 1 saturated heterocycles. The highest BCUT2D eigenvalue weighted by molar-refractivity contribution is 6.31. The van der Waals surface area contributed by atoms with Gasteiger partial charge >= 0.3 is 6.18 Å². The smallest absolute Gasteiger partial charge is 0.356 e. The molecule has 166 valence electrons. The minimum Gasteiger partial charge on any atom is -0.356 e. The second-order valence-corrected chi connectivity index (χ2v) is 7.73. The van der Waals surface area contributed by atoms with Crippen molar-refractivity contribution in [2.45, 2.75) is 25.4 Å². The molecule has 0 bridgehead atoms. The Morgan fingerprint density at radius 2 is 1.90 bits per heavy atom.